The van der Waals surface area contributed by atoms with E-state index in [-0.39, 0.29) is 0 Å². The summed E-state index contributed by atoms with van der Waals surface area (Å²) in [6, 6.07) is 22.7. The summed E-state index contributed by atoms with van der Waals surface area (Å²) in [4.78, 5) is 0. The number of pyridine rings is 1. The molecule has 2 aliphatic carbocycles. The van der Waals surface area contributed by atoms with Crippen LogP contribution in [-0.4, -0.2) is 4.40 Å². The smallest absolute Gasteiger partial charge is 0.225 e. The first-order chi connectivity index (χ1) is 17.9. The monoisotopic (exact) mass is 463 g/mol. The zero-order valence-corrected chi connectivity index (χ0v) is 20.1. The van der Waals surface area contributed by atoms with Crippen LogP contribution in [0.1, 0.15) is 41.4 Å². The Balaban J connectivity index is 1.51. The van der Waals surface area contributed by atoms with Crippen LogP contribution in [0.25, 0.3) is 38.6 Å². The van der Waals surface area contributed by atoms with E-state index in [4.69, 9.17) is 0 Å². The highest BCUT2D eigenvalue weighted by atomic mass is 15.1. The van der Waals surface area contributed by atoms with E-state index >= 15 is 0 Å². The first-order valence-electron chi connectivity index (χ1n) is 13.1. The summed E-state index contributed by atoms with van der Waals surface area (Å²) in [6.45, 7) is 0.933. The molecule has 0 bridgehead atoms. The Morgan fingerprint density at radius 3 is 2.11 bits per heavy atom. The summed E-state index contributed by atoms with van der Waals surface area (Å²) in [5, 5.41) is 4.09. The number of rotatable bonds is 3. The van der Waals surface area contributed by atoms with Crippen LogP contribution in [0.15, 0.2) is 115 Å². The third kappa shape index (κ3) is 2.76. The average molecular weight is 464 g/mol. The molecular weight excluding hydrogens is 436 g/mol. The molecule has 2 aromatic heterocycles. The van der Waals surface area contributed by atoms with Crippen LogP contribution < -0.4 is 4.57 Å². The molecule has 0 fully saturated rings. The van der Waals surface area contributed by atoms with Gasteiger partial charge in [-0.05, 0) is 30.0 Å². The highest BCUT2D eigenvalue weighted by Crippen LogP contribution is 2.43. The van der Waals surface area contributed by atoms with Crippen LogP contribution in [0.5, 0.6) is 0 Å². The number of hydrogen-bond acceptors (Lipinski definition) is 0. The zero-order chi connectivity index (χ0) is 23.6. The van der Waals surface area contributed by atoms with Crippen molar-refractivity contribution in [1.82, 2.24) is 4.40 Å². The van der Waals surface area contributed by atoms with Gasteiger partial charge in [0.15, 0.2) is 5.69 Å². The maximum absolute atomic E-state index is 2.56. The molecule has 5 aromatic rings. The van der Waals surface area contributed by atoms with E-state index in [1.165, 1.54) is 55.3 Å². The topological polar surface area (TPSA) is 8.29 Å². The third-order valence-corrected chi connectivity index (χ3v) is 8.30. The number of allylic oxidation sites excluding steroid dienone is 8. The molecule has 2 unspecified atom stereocenters. The zero-order valence-electron chi connectivity index (χ0n) is 20.1. The van der Waals surface area contributed by atoms with Gasteiger partial charge >= 0.3 is 0 Å². The standard InChI is InChI=1S/C34H27N2/c1-3-11-23(12-4-1)26-17-10-18-27(24-13-5-2-6-14-24)33(26)31-22-35-21-25-15-9-19-29-28-16-7-8-20-30(28)36(31)34(35)32(25)29/h1-11,13,15-20,22-24H,12,14,21H2/q+1. The van der Waals surface area contributed by atoms with Gasteiger partial charge < -0.3 is 0 Å². The molecule has 3 aliphatic rings. The van der Waals surface area contributed by atoms with Gasteiger partial charge in [-0.3, -0.25) is 0 Å². The average Bonchev–Trinajstić information content (AvgIpc) is 3.50. The van der Waals surface area contributed by atoms with Gasteiger partial charge in [0, 0.05) is 33.7 Å². The van der Waals surface area contributed by atoms with Crippen molar-refractivity contribution in [1.29, 1.82) is 0 Å². The van der Waals surface area contributed by atoms with E-state index in [9.17, 15) is 0 Å². The fourth-order valence-corrected chi connectivity index (χ4v) is 6.73. The van der Waals surface area contributed by atoms with Crippen molar-refractivity contribution >= 4 is 27.3 Å². The van der Waals surface area contributed by atoms with E-state index < -0.39 is 0 Å². The molecule has 3 aromatic carbocycles. The van der Waals surface area contributed by atoms with Gasteiger partial charge in [0.2, 0.25) is 0 Å². The quantitative estimate of drug-likeness (QED) is 0.187. The lowest BCUT2D eigenvalue weighted by atomic mass is 9.81. The summed E-state index contributed by atoms with van der Waals surface area (Å²) >= 11 is 0. The number of nitrogens with zero attached hydrogens (tertiary/aromatic N) is 2. The summed E-state index contributed by atoms with van der Waals surface area (Å²) in [6.07, 6.45) is 22.7. The van der Waals surface area contributed by atoms with Gasteiger partial charge in [0.1, 0.15) is 18.3 Å². The lowest BCUT2D eigenvalue weighted by Crippen LogP contribution is -2.28. The second kappa shape index (κ2) is 7.66. The molecule has 172 valence electrons. The van der Waals surface area contributed by atoms with E-state index in [1.54, 1.807) is 0 Å². The molecule has 3 heterocycles. The third-order valence-electron chi connectivity index (χ3n) is 8.30. The van der Waals surface area contributed by atoms with E-state index in [0.29, 0.717) is 11.8 Å². The van der Waals surface area contributed by atoms with Crippen LogP contribution in [-0.2, 0) is 6.54 Å². The summed E-state index contributed by atoms with van der Waals surface area (Å²) in [5.74, 6) is 0.773. The SMILES string of the molecule is C1=CCC(c2cccc(C3C=CC=CC3)c2-c2c[n+]3c4c5c(cccc5c5ccccc5n24)C3)C=C1. The predicted molar refractivity (Wildman–Crippen MR) is 148 cm³/mol. The van der Waals surface area contributed by atoms with Crippen molar-refractivity contribution in [2.45, 2.75) is 31.2 Å². The maximum Gasteiger partial charge on any atom is 0.295 e. The Labute approximate surface area is 210 Å². The maximum atomic E-state index is 2.56. The molecule has 8 rings (SSSR count). The Morgan fingerprint density at radius 1 is 0.694 bits per heavy atom. The highest BCUT2D eigenvalue weighted by Gasteiger charge is 2.33. The molecule has 0 saturated heterocycles. The predicted octanol–water partition coefficient (Wildman–Crippen LogP) is 7.76. The minimum absolute atomic E-state index is 0.386. The second-order valence-electron chi connectivity index (χ2n) is 10.3. The first kappa shape index (κ1) is 20.1. The Morgan fingerprint density at radius 2 is 1.39 bits per heavy atom. The fraction of sp³-hybridized carbons (Fsp3) is 0.147. The lowest BCUT2D eigenvalue weighted by Gasteiger charge is -2.23. The molecule has 0 amide bonds. The molecule has 36 heavy (non-hydrogen) atoms. The van der Waals surface area contributed by atoms with Gasteiger partial charge in [0.05, 0.1) is 5.39 Å². The Hall–Kier alpha value is -4.17. The minimum atomic E-state index is 0.386. The summed E-state index contributed by atoms with van der Waals surface area (Å²) in [7, 11) is 0. The lowest BCUT2D eigenvalue weighted by molar-refractivity contribution is -0.657. The van der Waals surface area contributed by atoms with E-state index in [1.807, 2.05) is 0 Å². The molecule has 0 spiro atoms. The largest absolute Gasteiger partial charge is 0.295 e. The molecule has 2 nitrogen and oxygen atoms in total. The van der Waals surface area contributed by atoms with Gasteiger partial charge in [-0.2, -0.15) is 4.40 Å². The van der Waals surface area contributed by atoms with Crippen molar-refractivity contribution in [2.24, 2.45) is 0 Å². The molecule has 1 aliphatic heterocycles. The van der Waals surface area contributed by atoms with E-state index in [0.717, 1.165) is 19.4 Å². The molecular formula is C34H27N2+. The van der Waals surface area contributed by atoms with Crippen molar-refractivity contribution in [3.8, 4) is 11.3 Å². The van der Waals surface area contributed by atoms with Gasteiger partial charge in [-0.1, -0.05) is 103 Å². The highest BCUT2D eigenvalue weighted by molar-refractivity contribution is 6.13. The van der Waals surface area contributed by atoms with Crippen molar-refractivity contribution in [3.05, 3.63) is 132 Å². The summed E-state index contributed by atoms with van der Waals surface area (Å²) < 4.78 is 5.04. The molecule has 0 radical (unpaired) electrons. The molecule has 0 N–H and O–H groups in total. The second-order valence-corrected chi connectivity index (χ2v) is 10.3. The number of benzene rings is 3. The van der Waals surface area contributed by atoms with Crippen LogP contribution in [0.2, 0.25) is 0 Å². The first-order valence-corrected chi connectivity index (χ1v) is 13.1. The minimum Gasteiger partial charge on any atom is -0.225 e. The number of hydrogen-bond donors (Lipinski definition) is 0. The number of fused-ring (bicyclic) bond motifs is 3. The fourth-order valence-electron chi connectivity index (χ4n) is 6.73. The number of imidazole rings is 1. The van der Waals surface area contributed by atoms with Gasteiger partial charge in [-0.15, -0.1) is 0 Å². The molecule has 2 atom stereocenters. The Bertz CT molecular complexity index is 1780. The van der Waals surface area contributed by atoms with Gasteiger partial charge in [-0.25, -0.2) is 4.57 Å². The van der Waals surface area contributed by atoms with Crippen molar-refractivity contribution in [3.63, 3.8) is 0 Å². The van der Waals surface area contributed by atoms with Gasteiger partial charge in [0.25, 0.3) is 5.65 Å². The van der Waals surface area contributed by atoms with Crippen LogP contribution in [0.3, 0.4) is 0 Å². The van der Waals surface area contributed by atoms with Crippen molar-refractivity contribution in [2.75, 3.05) is 0 Å². The Kier molecular flexibility index (Phi) is 4.27. The normalized spacial score (nSPS) is 20.0. The number of aromatic nitrogens is 2. The van der Waals surface area contributed by atoms with Crippen LogP contribution in [0, 0.1) is 0 Å². The molecule has 0 saturated carbocycles. The summed E-state index contributed by atoms with van der Waals surface area (Å²) in [5.41, 5.74) is 9.62. The van der Waals surface area contributed by atoms with Crippen molar-refractivity contribution < 1.29 is 4.57 Å². The van der Waals surface area contributed by atoms with Crippen LogP contribution >= 0.6 is 0 Å². The van der Waals surface area contributed by atoms with Crippen LogP contribution in [0.4, 0.5) is 0 Å². The molecule has 2 heteroatoms. The van der Waals surface area contributed by atoms with E-state index in [2.05, 4.69) is 124 Å². The number of para-hydroxylation sites is 1.